The second-order valence-corrected chi connectivity index (χ2v) is 6.53. The summed E-state index contributed by atoms with van der Waals surface area (Å²) < 4.78 is 4.74. The summed E-state index contributed by atoms with van der Waals surface area (Å²) in [6.45, 7) is 3.80. The van der Waals surface area contributed by atoms with Crippen LogP contribution in [0.15, 0.2) is 48.5 Å². The standard InChI is InChI=1S/C20H24N2O3/c1-20(2,21-19(24)25-5)17-13-9-8-11-15(17)14-10-6-7-12-16(14)18(23)22(3)4/h6-13H,1-5H3,(H,21,24). The van der Waals surface area contributed by atoms with Crippen molar-refractivity contribution in [2.24, 2.45) is 0 Å². The van der Waals surface area contributed by atoms with E-state index in [2.05, 4.69) is 5.32 Å². The van der Waals surface area contributed by atoms with Crippen molar-refractivity contribution in [3.63, 3.8) is 0 Å². The van der Waals surface area contributed by atoms with Crippen LogP contribution in [0, 0.1) is 0 Å². The SMILES string of the molecule is COC(=O)NC(C)(C)c1ccccc1-c1ccccc1C(=O)N(C)C. The maximum absolute atomic E-state index is 12.6. The van der Waals surface area contributed by atoms with Gasteiger partial charge in [-0.25, -0.2) is 4.79 Å². The minimum absolute atomic E-state index is 0.0656. The zero-order chi connectivity index (χ0) is 18.6. The van der Waals surface area contributed by atoms with E-state index in [9.17, 15) is 9.59 Å². The van der Waals surface area contributed by atoms with E-state index in [-0.39, 0.29) is 5.91 Å². The molecule has 0 aliphatic carbocycles. The number of ether oxygens (including phenoxy) is 1. The summed E-state index contributed by atoms with van der Waals surface area (Å²) >= 11 is 0. The van der Waals surface area contributed by atoms with Crippen LogP contribution in [-0.4, -0.2) is 38.1 Å². The van der Waals surface area contributed by atoms with Crippen LogP contribution in [0.4, 0.5) is 4.79 Å². The number of carbonyl (C=O) groups excluding carboxylic acids is 2. The van der Waals surface area contributed by atoms with Gasteiger partial charge in [-0.2, -0.15) is 0 Å². The number of amides is 2. The van der Waals surface area contributed by atoms with Gasteiger partial charge in [0.25, 0.3) is 5.91 Å². The smallest absolute Gasteiger partial charge is 0.407 e. The molecule has 1 N–H and O–H groups in total. The van der Waals surface area contributed by atoms with Gasteiger partial charge in [-0.3, -0.25) is 4.79 Å². The number of hydrogen-bond acceptors (Lipinski definition) is 3. The molecule has 0 aliphatic heterocycles. The van der Waals surface area contributed by atoms with Crippen molar-refractivity contribution < 1.29 is 14.3 Å². The first-order chi connectivity index (χ1) is 11.8. The Morgan fingerprint density at radius 1 is 0.960 bits per heavy atom. The van der Waals surface area contributed by atoms with Gasteiger partial charge in [0.05, 0.1) is 12.6 Å². The molecule has 2 aromatic rings. The molecular formula is C20H24N2O3. The minimum atomic E-state index is -0.669. The molecule has 0 bridgehead atoms. The van der Waals surface area contributed by atoms with E-state index in [1.165, 1.54) is 7.11 Å². The molecule has 0 radical (unpaired) electrons. The fourth-order valence-corrected chi connectivity index (χ4v) is 2.78. The van der Waals surface area contributed by atoms with E-state index in [1.54, 1.807) is 19.0 Å². The van der Waals surface area contributed by atoms with Crippen LogP contribution in [-0.2, 0) is 10.3 Å². The maximum Gasteiger partial charge on any atom is 0.407 e. The Bertz CT molecular complexity index is 782. The van der Waals surface area contributed by atoms with E-state index in [4.69, 9.17) is 4.74 Å². The maximum atomic E-state index is 12.6. The van der Waals surface area contributed by atoms with Crippen LogP contribution in [0.1, 0.15) is 29.8 Å². The quantitative estimate of drug-likeness (QED) is 0.924. The Hall–Kier alpha value is -2.82. The highest BCUT2D eigenvalue weighted by molar-refractivity contribution is 6.01. The van der Waals surface area contributed by atoms with Crippen molar-refractivity contribution in [1.82, 2.24) is 10.2 Å². The number of nitrogens with one attached hydrogen (secondary N) is 1. The van der Waals surface area contributed by atoms with Gasteiger partial charge in [0.2, 0.25) is 0 Å². The lowest BCUT2D eigenvalue weighted by Gasteiger charge is -2.29. The van der Waals surface area contributed by atoms with Gasteiger partial charge >= 0.3 is 6.09 Å². The molecule has 2 amide bonds. The Morgan fingerprint density at radius 3 is 2.12 bits per heavy atom. The Morgan fingerprint density at radius 2 is 1.52 bits per heavy atom. The molecular weight excluding hydrogens is 316 g/mol. The van der Waals surface area contributed by atoms with Gasteiger partial charge in [-0.05, 0) is 36.6 Å². The summed E-state index contributed by atoms with van der Waals surface area (Å²) in [4.78, 5) is 25.8. The molecule has 0 saturated carbocycles. The number of rotatable bonds is 4. The zero-order valence-corrected chi connectivity index (χ0v) is 15.3. The second-order valence-electron chi connectivity index (χ2n) is 6.53. The molecule has 0 aliphatic rings. The molecule has 0 aromatic heterocycles. The number of benzene rings is 2. The zero-order valence-electron chi connectivity index (χ0n) is 15.3. The first-order valence-corrected chi connectivity index (χ1v) is 8.04. The molecule has 0 unspecified atom stereocenters. The topological polar surface area (TPSA) is 58.6 Å². The van der Waals surface area contributed by atoms with Crippen LogP contribution < -0.4 is 5.32 Å². The van der Waals surface area contributed by atoms with Crippen molar-refractivity contribution in [1.29, 1.82) is 0 Å². The van der Waals surface area contributed by atoms with E-state index < -0.39 is 11.6 Å². The average molecular weight is 340 g/mol. The van der Waals surface area contributed by atoms with E-state index in [0.29, 0.717) is 5.56 Å². The summed E-state index contributed by atoms with van der Waals surface area (Å²) in [6, 6.07) is 15.2. The third kappa shape index (κ3) is 3.99. The predicted octanol–water partition coefficient (Wildman–Crippen LogP) is 3.65. The number of carbonyl (C=O) groups is 2. The highest BCUT2D eigenvalue weighted by atomic mass is 16.5. The Balaban J connectivity index is 2.60. The van der Waals surface area contributed by atoms with E-state index >= 15 is 0 Å². The number of methoxy groups -OCH3 is 1. The van der Waals surface area contributed by atoms with Gasteiger partial charge < -0.3 is 15.0 Å². The lowest BCUT2D eigenvalue weighted by atomic mass is 9.85. The number of nitrogens with zero attached hydrogens (tertiary/aromatic N) is 1. The van der Waals surface area contributed by atoms with E-state index in [0.717, 1.165) is 16.7 Å². The number of alkyl carbamates (subject to hydrolysis) is 1. The summed E-state index contributed by atoms with van der Waals surface area (Å²) in [5, 5.41) is 2.85. The Kier molecular flexibility index (Phi) is 5.47. The predicted molar refractivity (Wildman–Crippen MR) is 98.5 cm³/mol. The third-order valence-electron chi connectivity index (χ3n) is 4.05. The molecule has 0 fully saturated rings. The first-order valence-electron chi connectivity index (χ1n) is 8.04. The van der Waals surface area contributed by atoms with Gasteiger partial charge in [0.1, 0.15) is 0 Å². The molecule has 132 valence electrons. The lowest BCUT2D eigenvalue weighted by molar-refractivity contribution is 0.0828. The van der Waals surface area contributed by atoms with Crippen LogP contribution in [0.3, 0.4) is 0 Å². The molecule has 0 saturated heterocycles. The molecule has 0 atom stereocenters. The van der Waals surface area contributed by atoms with Crippen molar-refractivity contribution in [3.8, 4) is 11.1 Å². The summed E-state index contributed by atoms with van der Waals surface area (Å²) in [5.74, 6) is -0.0656. The fraction of sp³-hybridized carbons (Fsp3) is 0.300. The molecule has 0 spiro atoms. The lowest BCUT2D eigenvalue weighted by Crippen LogP contribution is -2.41. The largest absolute Gasteiger partial charge is 0.453 e. The van der Waals surface area contributed by atoms with Crippen molar-refractivity contribution >= 4 is 12.0 Å². The third-order valence-corrected chi connectivity index (χ3v) is 4.05. The molecule has 5 nitrogen and oxygen atoms in total. The van der Waals surface area contributed by atoms with Crippen molar-refractivity contribution in [2.45, 2.75) is 19.4 Å². The van der Waals surface area contributed by atoms with Gasteiger partial charge in [0, 0.05) is 19.7 Å². The van der Waals surface area contributed by atoms with Crippen molar-refractivity contribution in [3.05, 3.63) is 59.7 Å². The molecule has 5 heteroatoms. The monoisotopic (exact) mass is 340 g/mol. The highest BCUT2D eigenvalue weighted by Crippen LogP contribution is 2.34. The molecule has 2 aromatic carbocycles. The number of hydrogen-bond donors (Lipinski definition) is 1. The fourth-order valence-electron chi connectivity index (χ4n) is 2.78. The van der Waals surface area contributed by atoms with E-state index in [1.807, 2.05) is 62.4 Å². The normalized spacial score (nSPS) is 10.9. The summed E-state index contributed by atoms with van der Waals surface area (Å²) in [6.07, 6.45) is -0.502. The molecule has 2 rings (SSSR count). The van der Waals surface area contributed by atoms with Crippen molar-refractivity contribution in [2.75, 3.05) is 21.2 Å². The Labute approximate surface area is 148 Å². The average Bonchev–Trinajstić information content (AvgIpc) is 2.60. The second kappa shape index (κ2) is 7.38. The van der Waals surface area contributed by atoms with Crippen LogP contribution in [0.25, 0.3) is 11.1 Å². The molecule has 25 heavy (non-hydrogen) atoms. The van der Waals surface area contributed by atoms with Gasteiger partial charge in [-0.15, -0.1) is 0 Å². The highest BCUT2D eigenvalue weighted by Gasteiger charge is 2.27. The minimum Gasteiger partial charge on any atom is -0.453 e. The van der Waals surface area contributed by atoms with Gasteiger partial charge in [0.15, 0.2) is 0 Å². The van der Waals surface area contributed by atoms with Crippen LogP contribution in [0.5, 0.6) is 0 Å². The van der Waals surface area contributed by atoms with Crippen LogP contribution in [0.2, 0.25) is 0 Å². The first kappa shape index (κ1) is 18.5. The van der Waals surface area contributed by atoms with Crippen LogP contribution >= 0.6 is 0 Å². The molecule has 0 heterocycles. The van der Waals surface area contributed by atoms with Gasteiger partial charge in [-0.1, -0.05) is 42.5 Å². The summed E-state index contributed by atoms with van der Waals surface area (Å²) in [7, 11) is 4.80. The summed E-state index contributed by atoms with van der Waals surface area (Å²) in [5.41, 5.74) is 2.58.